The number of ether oxygens (including phenoxy) is 1. The van der Waals surface area contributed by atoms with Crippen molar-refractivity contribution in [2.75, 3.05) is 26.7 Å². The number of rotatable bonds is 5. The molecule has 1 aromatic carbocycles. The number of likely N-dealkylation sites (tertiary alicyclic amines) is 2. The first-order chi connectivity index (χ1) is 16.1. The number of amides is 1. The van der Waals surface area contributed by atoms with Crippen LogP contribution in [0, 0.1) is 6.92 Å². The predicted octanol–water partition coefficient (Wildman–Crippen LogP) is 4.64. The highest BCUT2D eigenvalue weighted by Crippen LogP contribution is 2.35. The average molecular weight is 449 g/mol. The van der Waals surface area contributed by atoms with Crippen LogP contribution in [0.3, 0.4) is 0 Å². The lowest BCUT2D eigenvalue weighted by molar-refractivity contribution is 0.0722. The minimum Gasteiger partial charge on any atom is -0.496 e. The number of hydrogen-bond acceptors (Lipinski definition) is 5. The van der Waals surface area contributed by atoms with E-state index in [4.69, 9.17) is 14.7 Å². The Morgan fingerprint density at radius 2 is 1.79 bits per heavy atom. The van der Waals surface area contributed by atoms with Crippen molar-refractivity contribution in [3.63, 3.8) is 0 Å². The van der Waals surface area contributed by atoms with Crippen molar-refractivity contribution in [3.05, 3.63) is 52.1 Å². The SMILES string of the molecule is COc1cc2c(cc1CN1CCC[C@H]1c1ncc(C(=O)N3CCCCC3)c(C)n1)CCCC2. The molecule has 0 N–H and O–H groups in total. The standard InChI is InChI=1S/C27H36N4O2/c1-19-23(27(32)30-12-6-3-7-13-30)17-28-26(29-19)24-11-8-14-31(24)18-22-15-20-9-4-5-10-21(20)16-25(22)33-2/h15-17,24H,3-14,18H2,1-2H3/t24-/m0/s1. The highest BCUT2D eigenvalue weighted by molar-refractivity contribution is 5.95. The molecule has 2 aromatic rings. The van der Waals surface area contributed by atoms with E-state index in [9.17, 15) is 4.79 Å². The Hall–Kier alpha value is -2.47. The smallest absolute Gasteiger partial charge is 0.257 e. The van der Waals surface area contributed by atoms with Gasteiger partial charge in [0.2, 0.25) is 0 Å². The molecule has 1 aliphatic carbocycles. The molecule has 2 fully saturated rings. The van der Waals surface area contributed by atoms with E-state index in [0.29, 0.717) is 5.56 Å². The lowest BCUT2D eigenvalue weighted by atomic mass is 9.90. The van der Waals surface area contributed by atoms with Crippen LogP contribution in [-0.4, -0.2) is 52.4 Å². The summed E-state index contributed by atoms with van der Waals surface area (Å²) < 4.78 is 5.78. The van der Waals surface area contributed by atoms with Crippen molar-refractivity contribution >= 4 is 5.91 Å². The summed E-state index contributed by atoms with van der Waals surface area (Å²) in [6.45, 7) is 5.52. The van der Waals surface area contributed by atoms with Crippen LogP contribution in [0.1, 0.15) is 89.6 Å². The third-order valence-electron chi connectivity index (χ3n) is 7.65. The number of aromatic nitrogens is 2. The summed E-state index contributed by atoms with van der Waals surface area (Å²) in [5.41, 5.74) is 5.65. The fourth-order valence-electron chi connectivity index (χ4n) is 5.78. The van der Waals surface area contributed by atoms with Crippen molar-refractivity contribution in [2.24, 2.45) is 0 Å². The fraction of sp³-hybridized carbons (Fsp3) is 0.593. The van der Waals surface area contributed by atoms with E-state index in [1.54, 1.807) is 13.3 Å². The zero-order valence-electron chi connectivity index (χ0n) is 20.1. The van der Waals surface area contributed by atoms with Gasteiger partial charge in [0, 0.05) is 31.4 Å². The van der Waals surface area contributed by atoms with Crippen LogP contribution in [-0.2, 0) is 19.4 Å². The van der Waals surface area contributed by atoms with Crippen molar-refractivity contribution in [1.82, 2.24) is 19.8 Å². The van der Waals surface area contributed by atoms with Crippen LogP contribution in [0.5, 0.6) is 5.75 Å². The Morgan fingerprint density at radius 3 is 2.52 bits per heavy atom. The van der Waals surface area contributed by atoms with Gasteiger partial charge in [0.05, 0.1) is 24.4 Å². The van der Waals surface area contributed by atoms with E-state index in [1.165, 1.54) is 42.4 Å². The highest BCUT2D eigenvalue weighted by Gasteiger charge is 2.30. The number of benzene rings is 1. The molecule has 1 atom stereocenters. The van der Waals surface area contributed by atoms with Gasteiger partial charge in [0.15, 0.2) is 0 Å². The number of methoxy groups -OCH3 is 1. The summed E-state index contributed by atoms with van der Waals surface area (Å²) in [7, 11) is 1.78. The van der Waals surface area contributed by atoms with E-state index in [1.807, 2.05) is 11.8 Å². The van der Waals surface area contributed by atoms with Gasteiger partial charge in [0.1, 0.15) is 11.6 Å². The maximum absolute atomic E-state index is 13.0. The Bertz CT molecular complexity index is 1020. The van der Waals surface area contributed by atoms with Gasteiger partial charge in [-0.2, -0.15) is 0 Å². The van der Waals surface area contributed by atoms with Gasteiger partial charge in [-0.3, -0.25) is 9.69 Å². The molecule has 5 rings (SSSR count). The van der Waals surface area contributed by atoms with Crippen molar-refractivity contribution < 1.29 is 9.53 Å². The summed E-state index contributed by atoms with van der Waals surface area (Å²) in [6, 6.07) is 4.81. The van der Waals surface area contributed by atoms with Crippen LogP contribution in [0.15, 0.2) is 18.3 Å². The summed E-state index contributed by atoms with van der Waals surface area (Å²) in [4.78, 5) is 27.0. The molecular weight excluding hydrogens is 412 g/mol. The van der Waals surface area contributed by atoms with Gasteiger partial charge in [-0.15, -0.1) is 0 Å². The monoisotopic (exact) mass is 448 g/mol. The summed E-state index contributed by atoms with van der Waals surface area (Å²) in [5.74, 6) is 1.93. The molecule has 0 saturated carbocycles. The second-order valence-corrected chi connectivity index (χ2v) is 9.85. The molecule has 1 amide bonds. The molecule has 3 heterocycles. The van der Waals surface area contributed by atoms with Gasteiger partial charge in [-0.05, 0) is 88.4 Å². The van der Waals surface area contributed by atoms with Crippen LogP contribution < -0.4 is 4.74 Å². The number of carbonyl (C=O) groups excluding carboxylic acids is 1. The van der Waals surface area contributed by atoms with Gasteiger partial charge >= 0.3 is 0 Å². The molecular formula is C27H36N4O2. The normalized spacial score (nSPS) is 21.2. The fourth-order valence-corrected chi connectivity index (χ4v) is 5.78. The quantitative estimate of drug-likeness (QED) is 0.667. The molecule has 0 unspecified atom stereocenters. The Morgan fingerprint density at radius 1 is 1.03 bits per heavy atom. The highest BCUT2D eigenvalue weighted by atomic mass is 16.5. The predicted molar refractivity (Wildman–Crippen MR) is 129 cm³/mol. The van der Waals surface area contributed by atoms with E-state index in [2.05, 4.69) is 17.0 Å². The Labute approximate surface area is 197 Å². The zero-order valence-corrected chi connectivity index (χ0v) is 20.1. The Balaban J connectivity index is 1.35. The molecule has 0 bridgehead atoms. The maximum atomic E-state index is 13.0. The van der Waals surface area contributed by atoms with E-state index in [-0.39, 0.29) is 11.9 Å². The van der Waals surface area contributed by atoms with Crippen LogP contribution >= 0.6 is 0 Å². The summed E-state index contributed by atoms with van der Waals surface area (Å²) in [6.07, 6.45) is 12.2. The third kappa shape index (κ3) is 4.63. The molecule has 2 saturated heterocycles. The number of fused-ring (bicyclic) bond motifs is 1. The van der Waals surface area contributed by atoms with Crippen molar-refractivity contribution in [2.45, 2.75) is 77.3 Å². The first-order valence-corrected chi connectivity index (χ1v) is 12.7. The second-order valence-electron chi connectivity index (χ2n) is 9.85. The maximum Gasteiger partial charge on any atom is 0.257 e. The van der Waals surface area contributed by atoms with Crippen LogP contribution in [0.4, 0.5) is 0 Å². The largest absolute Gasteiger partial charge is 0.496 e. The van der Waals surface area contributed by atoms with Crippen molar-refractivity contribution in [1.29, 1.82) is 0 Å². The third-order valence-corrected chi connectivity index (χ3v) is 7.65. The van der Waals surface area contributed by atoms with E-state index < -0.39 is 0 Å². The van der Waals surface area contributed by atoms with Gasteiger partial charge in [0.25, 0.3) is 5.91 Å². The average Bonchev–Trinajstić information content (AvgIpc) is 3.32. The number of piperidine rings is 1. The summed E-state index contributed by atoms with van der Waals surface area (Å²) >= 11 is 0. The number of nitrogens with zero attached hydrogens (tertiary/aromatic N) is 4. The topological polar surface area (TPSA) is 58.6 Å². The van der Waals surface area contributed by atoms with E-state index >= 15 is 0 Å². The number of hydrogen-bond donors (Lipinski definition) is 0. The molecule has 0 radical (unpaired) electrons. The number of carbonyl (C=O) groups is 1. The van der Waals surface area contributed by atoms with Gasteiger partial charge in [-0.25, -0.2) is 9.97 Å². The zero-order chi connectivity index (χ0) is 22.8. The van der Waals surface area contributed by atoms with Crippen molar-refractivity contribution in [3.8, 4) is 5.75 Å². The first-order valence-electron chi connectivity index (χ1n) is 12.7. The molecule has 33 heavy (non-hydrogen) atoms. The molecule has 176 valence electrons. The number of aryl methyl sites for hydroxylation is 3. The minimum atomic E-state index is 0.0841. The first kappa shape index (κ1) is 22.3. The van der Waals surface area contributed by atoms with Gasteiger partial charge in [-0.1, -0.05) is 6.07 Å². The molecule has 1 aromatic heterocycles. The van der Waals surface area contributed by atoms with Crippen LogP contribution in [0.25, 0.3) is 0 Å². The van der Waals surface area contributed by atoms with Crippen LogP contribution in [0.2, 0.25) is 0 Å². The summed E-state index contributed by atoms with van der Waals surface area (Å²) in [5, 5.41) is 0. The van der Waals surface area contributed by atoms with Gasteiger partial charge < -0.3 is 9.64 Å². The molecule has 3 aliphatic rings. The molecule has 2 aliphatic heterocycles. The lowest BCUT2D eigenvalue weighted by Gasteiger charge is -2.28. The lowest BCUT2D eigenvalue weighted by Crippen LogP contribution is -2.36. The minimum absolute atomic E-state index is 0.0841. The second kappa shape index (κ2) is 9.80. The molecule has 0 spiro atoms. The molecule has 6 nitrogen and oxygen atoms in total. The Kier molecular flexibility index (Phi) is 6.63. The molecule has 6 heteroatoms. The van der Waals surface area contributed by atoms with E-state index in [0.717, 1.165) is 75.6 Å².